The van der Waals surface area contributed by atoms with Gasteiger partial charge in [-0.1, -0.05) is 42.5 Å². The quantitative estimate of drug-likeness (QED) is 0.669. The number of methoxy groups -OCH3 is 2. The van der Waals surface area contributed by atoms with Crippen molar-refractivity contribution in [1.29, 1.82) is 0 Å². The van der Waals surface area contributed by atoms with Crippen molar-refractivity contribution in [2.75, 3.05) is 14.2 Å². The van der Waals surface area contributed by atoms with E-state index >= 15 is 0 Å². The highest BCUT2D eigenvalue weighted by Gasteiger charge is 2.29. The molecule has 4 rings (SSSR count). The number of aliphatic imine (C=N–C) groups is 1. The number of ether oxygens (including phenoxy) is 2. The molecule has 0 bridgehead atoms. The van der Waals surface area contributed by atoms with E-state index in [0.717, 1.165) is 33.9 Å². The Hall–Kier alpha value is -3.31. The number of para-hydroxylation sites is 1. The largest absolute Gasteiger partial charge is 0.507 e. The van der Waals surface area contributed by atoms with Crippen LogP contribution >= 0.6 is 0 Å². The summed E-state index contributed by atoms with van der Waals surface area (Å²) in [5, 5.41) is 14.0. The number of benzene rings is 3. The van der Waals surface area contributed by atoms with Gasteiger partial charge in [-0.2, -0.15) is 0 Å². The fourth-order valence-electron chi connectivity index (χ4n) is 3.70. The highest BCUT2D eigenvalue weighted by Crippen LogP contribution is 2.37. The molecule has 29 heavy (non-hydrogen) atoms. The second-order valence-electron chi connectivity index (χ2n) is 6.94. The van der Waals surface area contributed by atoms with Gasteiger partial charge in [-0.3, -0.25) is 10.3 Å². The molecule has 3 aromatic rings. The van der Waals surface area contributed by atoms with Crippen LogP contribution in [0.4, 0.5) is 0 Å². The van der Waals surface area contributed by atoms with Crippen LogP contribution in [0, 0.1) is 0 Å². The lowest BCUT2D eigenvalue weighted by molar-refractivity contribution is 0.378. The van der Waals surface area contributed by atoms with E-state index < -0.39 is 0 Å². The zero-order chi connectivity index (χ0) is 20.2. The van der Waals surface area contributed by atoms with Crippen molar-refractivity contribution in [2.24, 2.45) is 4.99 Å². The standard InChI is InChI=1S/C24H24N2O3/c1-28-17-12-13-23(29-2)19(14-17)21-15-20(18-10-6-7-11-22(18)27)25-24(26-21)16-8-4-3-5-9-16/h3-14,21,24,26-27H,15H2,1-2H3. The summed E-state index contributed by atoms with van der Waals surface area (Å²) in [5.74, 6) is 1.79. The SMILES string of the molecule is COc1ccc(OC)c(C2CC(c3ccccc3O)=NC(c3ccccc3)N2)c1. The number of nitrogens with one attached hydrogen (secondary N) is 1. The van der Waals surface area contributed by atoms with Gasteiger partial charge in [-0.25, -0.2) is 0 Å². The highest BCUT2D eigenvalue weighted by atomic mass is 16.5. The van der Waals surface area contributed by atoms with Gasteiger partial charge in [0.25, 0.3) is 0 Å². The summed E-state index contributed by atoms with van der Waals surface area (Å²) in [6, 6.07) is 23.2. The van der Waals surface area contributed by atoms with E-state index in [1.165, 1.54) is 0 Å². The second kappa shape index (κ2) is 8.37. The fraction of sp³-hybridized carbons (Fsp3) is 0.208. The Morgan fingerprint density at radius 2 is 1.69 bits per heavy atom. The van der Waals surface area contributed by atoms with Crippen molar-refractivity contribution < 1.29 is 14.6 Å². The molecule has 148 valence electrons. The van der Waals surface area contributed by atoms with Crippen LogP contribution < -0.4 is 14.8 Å². The monoisotopic (exact) mass is 388 g/mol. The average Bonchev–Trinajstić information content (AvgIpc) is 2.79. The number of rotatable bonds is 5. The van der Waals surface area contributed by atoms with E-state index in [9.17, 15) is 5.11 Å². The normalized spacial score (nSPS) is 18.8. The third kappa shape index (κ3) is 3.96. The zero-order valence-corrected chi connectivity index (χ0v) is 16.5. The van der Waals surface area contributed by atoms with Gasteiger partial charge < -0.3 is 14.6 Å². The van der Waals surface area contributed by atoms with E-state index in [1.54, 1.807) is 20.3 Å². The van der Waals surface area contributed by atoms with Gasteiger partial charge in [0, 0.05) is 23.6 Å². The summed E-state index contributed by atoms with van der Waals surface area (Å²) in [4.78, 5) is 4.93. The summed E-state index contributed by atoms with van der Waals surface area (Å²) < 4.78 is 11.1. The molecule has 1 heterocycles. The molecule has 0 spiro atoms. The molecule has 0 fully saturated rings. The molecule has 0 radical (unpaired) electrons. The summed E-state index contributed by atoms with van der Waals surface area (Å²) >= 11 is 0. The van der Waals surface area contributed by atoms with Crippen LogP contribution in [0.15, 0.2) is 77.8 Å². The summed E-state index contributed by atoms with van der Waals surface area (Å²) in [6.45, 7) is 0. The second-order valence-corrected chi connectivity index (χ2v) is 6.94. The molecule has 0 aromatic heterocycles. The number of nitrogens with zero attached hydrogens (tertiary/aromatic N) is 1. The Labute approximate surface area is 170 Å². The van der Waals surface area contributed by atoms with Crippen LogP contribution in [0.1, 0.15) is 35.3 Å². The molecule has 5 heteroatoms. The van der Waals surface area contributed by atoms with Gasteiger partial charge in [-0.15, -0.1) is 0 Å². The summed E-state index contributed by atoms with van der Waals surface area (Å²) in [7, 11) is 3.32. The van der Waals surface area contributed by atoms with Gasteiger partial charge in [0.2, 0.25) is 0 Å². The van der Waals surface area contributed by atoms with Crippen LogP contribution in [0.25, 0.3) is 0 Å². The van der Waals surface area contributed by atoms with E-state index in [2.05, 4.69) is 17.4 Å². The maximum Gasteiger partial charge on any atom is 0.126 e. The maximum atomic E-state index is 10.4. The van der Waals surface area contributed by atoms with Crippen LogP contribution in [0.3, 0.4) is 0 Å². The predicted molar refractivity (Wildman–Crippen MR) is 114 cm³/mol. The molecule has 0 saturated carbocycles. The molecule has 1 aliphatic heterocycles. The smallest absolute Gasteiger partial charge is 0.126 e. The first-order chi connectivity index (χ1) is 14.2. The average molecular weight is 388 g/mol. The maximum absolute atomic E-state index is 10.4. The molecule has 3 aromatic carbocycles. The highest BCUT2D eigenvalue weighted by molar-refractivity contribution is 6.03. The van der Waals surface area contributed by atoms with Crippen LogP contribution in [-0.4, -0.2) is 25.0 Å². The van der Waals surface area contributed by atoms with Crippen LogP contribution in [-0.2, 0) is 0 Å². The van der Waals surface area contributed by atoms with Crippen LogP contribution in [0.2, 0.25) is 0 Å². The van der Waals surface area contributed by atoms with E-state index in [0.29, 0.717) is 6.42 Å². The number of aromatic hydroxyl groups is 1. The van der Waals surface area contributed by atoms with Gasteiger partial charge in [0.15, 0.2) is 0 Å². The van der Waals surface area contributed by atoms with Crippen molar-refractivity contribution in [3.63, 3.8) is 0 Å². The molecule has 5 nitrogen and oxygen atoms in total. The lowest BCUT2D eigenvalue weighted by Gasteiger charge is -2.31. The van der Waals surface area contributed by atoms with Crippen molar-refractivity contribution in [2.45, 2.75) is 18.6 Å². The number of phenols is 1. The van der Waals surface area contributed by atoms with Crippen molar-refractivity contribution in [3.8, 4) is 17.2 Å². The molecular weight excluding hydrogens is 364 g/mol. The van der Waals surface area contributed by atoms with Gasteiger partial charge >= 0.3 is 0 Å². The minimum Gasteiger partial charge on any atom is -0.507 e. The molecule has 2 N–H and O–H groups in total. The summed E-state index contributed by atoms with van der Waals surface area (Å²) in [5.41, 5.74) is 3.66. The van der Waals surface area contributed by atoms with Crippen molar-refractivity contribution in [3.05, 3.63) is 89.5 Å². The molecule has 2 unspecified atom stereocenters. The molecule has 0 saturated heterocycles. The Bertz CT molecular complexity index is 1020. The Kier molecular flexibility index (Phi) is 5.49. The lowest BCUT2D eigenvalue weighted by atomic mass is 9.93. The minimum atomic E-state index is -0.236. The predicted octanol–water partition coefficient (Wildman–Crippen LogP) is 4.63. The third-order valence-corrected chi connectivity index (χ3v) is 5.18. The fourth-order valence-corrected chi connectivity index (χ4v) is 3.70. The number of hydrogen-bond donors (Lipinski definition) is 2. The molecule has 0 aliphatic carbocycles. The van der Waals surface area contributed by atoms with E-state index in [-0.39, 0.29) is 18.0 Å². The van der Waals surface area contributed by atoms with Crippen LogP contribution in [0.5, 0.6) is 17.2 Å². The molecule has 2 atom stereocenters. The minimum absolute atomic E-state index is 0.0580. The topological polar surface area (TPSA) is 63.1 Å². The molecule has 0 amide bonds. The summed E-state index contributed by atoms with van der Waals surface area (Å²) in [6.07, 6.45) is 0.380. The van der Waals surface area contributed by atoms with Crippen molar-refractivity contribution >= 4 is 5.71 Å². The van der Waals surface area contributed by atoms with Gasteiger partial charge in [0.1, 0.15) is 23.4 Å². The lowest BCUT2D eigenvalue weighted by Crippen LogP contribution is -2.33. The number of hydrogen-bond acceptors (Lipinski definition) is 5. The Morgan fingerprint density at radius 3 is 2.41 bits per heavy atom. The Balaban J connectivity index is 1.79. The molecule has 1 aliphatic rings. The van der Waals surface area contributed by atoms with E-state index in [1.807, 2.05) is 54.6 Å². The first-order valence-electron chi connectivity index (χ1n) is 9.57. The zero-order valence-electron chi connectivity index (χ0n) is 16.5. The van der Waals surface area contributed by atoms with Gasteiger partial charge in [-0.05, 0) is 35.9 Å². The van der Waals surface area contributed by atoms with Gasteiger partial charge in [0.05, 0.1) is 19.9 Å². The number of phenolic OH excluding ortho intramolecular Hbond substituents is 1. The van der Waals surface area contributed by atoms with Crippen molar-refractivity contribution in [1.82, 2.24) is 5.32 Å². The first-order valence-corrected chi connectivity index (χ1v) is 9.57. The first kappa shape index (κ1) is 19.0. The Morgan fingerprint density at radius 1 is 0.931 bits per heavy atom. The third-order valence-electron chi connectivity index (χ3n) is 5.18. The van der Waals surface area contributed by atoms with E-state index in [4.69, 9.17) is 14.5 Å². The molecular formula is C24H24N2O3.